The average Bonchev–Trinajstić information content (AvgIpc) is 2.73. The second kappa shape index (κ2) is 7.69. The Kier molecular flexibility index (Phi) is 4.94. The lowest BCUT2D eigenvalue weighted by Gasteiger charge is -2.36. The van der Waals surface area contributed by atoms with E-state index in [9.17, 15) is 9.59 Å². The molecule has 0 aromatic heterocycles. The fraction of sp³-hybridized carbons (Fsp3) is 0.167. The molecule has 1 atom stereocenters. The minimum Gasteiger partial charge on any atom is -0.444 e. The minimum atomic E-state index is -0.449. The molecule has 4 rings (SSSR count). The van der Waals surface area contributed by atoms with Crippen molar-refractivity contribution in [2.24, 2.45) is 0 Å². The smallest absolute Gasteiger partial charge is 0.415 e. The van der Waals surface area contributed by atoms with Gasteiger partial charge in [-0.05, 0) is 30.2 Å². The van der Waals surface area contributed by atoms with Crippen LogP contribution in [0.2, 0.25) is 0 Å². The second-order valence-corrected chi connectivity index (χ2v) is 6.98. The topological polar surface area (TPSA) is 46.6 Å². The molecule has 1 amide bonds. The lowest BCUT2D eigenvalue weighted by molar-refractivity contribution is 0.0961. The van der Waals surface area contributed by atoms with Gasteiger partial charge in [0.15, 0.2) is 5.78 Å². The van der Waals surface area contributed by atoms with Gasteiger partial charge < -0.3 is 4.74 Å². The standard InChI is InChI=1S/C24H21NO3/c1-17-12-13-21-20(14-17)23(26)15-22(19-10-6-3-7-11-19)25(21)24(27)28-16-18-8-4-2-5-9-18/h2-14,22H,15-16H2,1H3. The second-order valence-electron chi connectivity index (χ2n) is 6.98. The number of nitrogens with zero attached hydrogens (tertiary/aromatic N) is 1. The largest absolute Gasteiger partial charge is 0.444 e. The Bertz CT molecular complexity index is 999. The van der Waals surface area contributed by atoms with Gasteiger partial charge in [-0.2, -0.15) is 0 Å². The SMILES string of the molecule is Cc1ccc2c(c1)C(=O)CC(c1ccccc1)N2C(=O)OCc1ccccc1. The number of Topliss-reactive ketones (excluding diaryl/α,β-unsaturated/α-hetero) is 1. The monoisotopic (exact) mass is 371 g/mol. The lowest BCUT2D eigenvalue weighted by atomic mass is 9.90. The first-order valence-corrected chi connectivity index (χ1v) is 9.32. The van der Waals surface area contributed by atoms with E-state index in [0.717, 1.165) is 16.7 Å². The van der Waals surface area contributed by atoms with Crippen molar-refractivity contribution in [3.05, 3.63) is 101 Å². The van der Waals surface area contributed by atoms with Gasteiger partial charge in [-0.1, -0.05) is 72.3 Å². The molecular formula is C24H21NO3. The van der Waals surface area contributed by atoms with Crippen LogP contribution in [0.3, 0.4) is 0 Å². The van der Waals surface area contributed by atoms with Crippen molar-refractivity contribution in [3.8, 4) is 0 Å². The van der Waals surface area contributed by atoms with Crippen molar-refractivity contribution in [2.45, 2.75) is 26.0 Å². The van der Waals surface area contributed by atoms with Crippen LogP contribution in [0, 0.1) is 6.92 Å². The third-order valence-corrected chi connectivity index (χ3v) is 4.99. The first-order chi connectivity index (χ1) is 13.6. The van der Waals surface area contributed by atoms with Crippen molar-refractivity contribution >= 4 is 17.6 Å². The Morgan fingerprint density at radius 3 is 2.39 bits per heavy atom. The number of ether oxygens (including phenoxy) is 1. The molecule has 0 spiro atoms. The molecule has 4 heteroatoms. The number of hydrogen-bond donors (Lipinski definition) is 0. The number of carbonyl (C=O) groups is 2. The molecule has 1 unspecified atom stereocenters. The van der Waals surface area contributed by atoms with Crippen molar-refractivity contribution in [1.82, 2.24) is 0 Å². The Morgan fingerprint density at radius 1 is 1.00 bits per heavy atom. The van der Waals surface area contributed by atoms with Gasteiger partial charge in [0.05, 0.1) is 11.7 Å². The molecule has 3 aromatic carbocycles. The average molecular weight is 371 g/mol. The third-order valence-electron chi connectivity index (χ3n) is 4.99. The Morgan fingerprint density at radius 2 is 1.68 bits per heavy atom. The van der Waals surface area contributed by atoms with Crippen LogP contribution in [0.1, 0.15) is 39.5 Å². The van der Waals surface area contributed by atoms with Crippen molar-refractivity contribution in [1.29, 1.82) is 0 Å². The third kappa shape index (κ3) is 3.54. The highest BCUT2D eigenvalue weighted by Crippen LogP contribution is 2.39. The van der Waals surface area contributed by atoms with E-state index in [0.29, 0.717) is 11.3 Å². The van der Waals surface area contributed by atoms with Gasteiger partial charge in [0.1, 0.15) is 6.61 Å². The summed E-state index contributed by atoms with van der Waals surface area (Å²) in [5.74, 6) is 0.0414. The van der Waals surface area contributed by atoms with Crippen LogP contribution in [0.15, 0.2) is 78.9 Å². The fourth-order valence-corrected chi connectivity index (χ4v) is 3.58. The number of benzene rings is 3. The fourth-order valence-electron chi connectivity index (χ4n) is 3.58. The molecule has 0 bridgehead atoms. The van der Waals surface area contributed by atoms with Crippen LogP contribution in [0.4, 0.5) is 10.5 Å². The maximum atomic E-state index is 13.1. The molecule has 0 radical (unpaired) electrons. The lowest BCUT2D eigenvalue weighted by Crippen LogP contribution is -2.40. The minimum absolute atomic E-state index is 0.0414. The van der Waals surface area contributed by atoms with Gasteiger partial charge >= 0.3 is 6.09 Å². The molecule has 1 aliphatic heterocycles. The summed E-state index contributed by atoms with van der Waals surface area (Å²) < 4.78 is 5.62. The molecule has 1 heterocycles. The van der Waals surface area contributed by atoms with Gasteiger partial charge in [0.2, 0.25) is 0 Å². The zero-order valence-corrected chi connectivity index (χ0v) is 15.7. The van der Waals surface area contributed by atoms with Crippen LogP contribution in [0.25, 0.3) is 0 Å². The highest BCUT2D eigenvalue weighted by atomic mass is 16.6. The van der Waals surface area contributed by atoms with Crippen molar-refractivity contribution < 1.29 is 14.3 Å². The quantitative estimate of drug-likeness (QED) is 0.614. The van der Waals surface area contributed by atoms with E-state index in [1.54, 1.807) is 4.90 Å². The van der Waals surface area contributed by atoms with Gasteiger partial charge in [-0.3, -0.25) is 9.69 Å². The van der Waals surface area contributed by atoms with E-state index in [1.165, 1.54) is 0 Å². The summed E-state index contributed by atoms with van der Waals surface area (Å²) in [6.07, 6.45) is -0.212. The van der Waals surface area contributed by atoms with Gasteiger partial charge in [-0.25, -0.2) is 4.79 Å². The summed E-state index contributed by atoms with van der Waals surface area (Å²) >= 11 is 0. The molecule has 3 aromatic rings. The van der Waals surface area contributed by atoms with Crippen molar-refractivity contribution in [2.75, 3.05) is 4.90 Å². The number of carbonyl (C=O) groups excluding carboxylic acids is 2. The van der Waals surface area contributed by atoms with Crippen LogP contribution in [0.5, 0.6) is 0 Å². The Hall–Kier alpha value is -3.40. The van der Waals surface area contributed by atoms with E-state index in [4.69, 9.17) is 4.74 Å². The van der Waals surface area contributed by atoms with Gasteiger partial charge in [0, 0.05) is 12.0 Å². The zero-order chi connectivity index (χ0) is 19.5. The molecule has 0 N–H and O–H groups in total. The summed E-state index contributed by atoms with van der Waals surface area (Å²) in [4.78, 5) is 27.5. The summed E-state index contributed by atoms with van der Waals surface area (Å²) in [6, 6.07) is 24.4. The number of amides is 1. The van der Waals surface area contributed by atoms with Crippen LogP contribution < -0.4 is 4.90 Å². The molecule has 0 aliphatic carbocycles. The number of hydrogen-bond acceptors (Lipinski definition) is 3. The summed E-state index contributed by atoms with van der Waals surface area (Å²) in [7, 11) is 0. The molecule has 0 fully saturated rings. The molecule has 0 saturated heterocycles. The molecule has 28 heavy (non-hydrogen) atoms. The first-order valence-electron chi connectivity index (χ1n) is 9.32. The highest BCUT2D eigenvalue weighted by molar-refractivity contribution is 6.08. The number of ketones is 1. The van der Waals surface area contributed by atoms with Crippen LogP contribution in [-0.2, 0) is 11.3 Å². The van der Waals surface area contributed by atoms with Crippen LogP contribution >= 0.6 is 0 Å². The molecule has 0 saturated carbocycles. The van der Waals surface area contributed by atoms with Gasteiger partial charge in [-0.15, -0.1) is 0 Å². The molecular weight excluding hydrogens is 350 g/mol. The van der Waals surface area contributed by atoms with E-state index in [1.807, 2.05) is 85.8 Å². The maximum absolute atomic E-state index is 13.1. The normalized spacial score (nSPS) is 15.8. The summed E-state index contributed by atoms with van der Waals surface area (Å²) in [6.45, 7) is 2.13. The Balaban J connectivity index is 1.69. The van der Waals surface area contributed by atoms with E-state index < -0.39 is 6.09 Å². The predicted octanol–water partition coefficient (Wildman–Crippen LogP) is 5.47. The number of rotatable bonds is 3. The zero-order valence-electron chi connectivity index (χ0n) is 15.7. The summed E-state index contributed by atoms with van der Waals surface area (Å²) in [5, 5.41) is 0. The highest BCUT2D eigenvalue weighted by Gasteiger charge is 2.37. The van der Waals surface area contributed by atoms with Crippen molar-refractivity contribution in [3.63, 3.8) is 0 Å². The van der Waals surface area contributed by atoms with E-state index >= 15 is 0 Å². The number of anilines is 1. The molecule has 1 aliphatic rings. The summed E-state index contributed by atoms with van der Waals surface area (Å²) in [5.41, 5.74) is 4.00. The van der Waals surface area contributed by atoms with E-state index in [-0.39, 0.29) is 24.9 Å². The molecule has 4 nitrogen and oxygen atoms in total. The van der Waals surface area contributed by atoms with Gasteiger partial charge in [0.25, 0.3) is 0 Å². The number of fused-ring (bicyclic) bond motifs is 1. The molecule has 140 valence electrons. The predicted molar refractivity (Wildman–Crippen MR) is 108 cm³/mol. The Labute approximate surface area is 164 Å². The van der Waals surface area contributed by atoms with E-state index in [2.05, 4.69) is 0 Å². The number of aryl methyl sites for hydroxylation is 1. The maximum Gasteiger partial charge on any atom is 0.415 e. The van der Waals surface area contributed by atoms with Crippen LogP contribution in [-0.4, -0.2) is 11.9 Å². The first kappa shape index (κ1) is 18.0.